The molecule has 3 atom stereocenters. The van der Waals surface area contributed by atoms with Gasteiger partial charge in [0.25, 0.3) is 0 Å². The van der Waals surface area contributed by atoms with Crippen molar-refractivity contribution < 1.29 is 9.84 Å². The van der Waals surface area contributed by atoms with Crippen LogP contribution in [0.25, 0.3) is 0 Å². The summed E-state index contributed by atoms with van der Waals surface area (Å²) < 4.78 is 5.08. The number of hydrogen-bond donors (Lipinski definition) is 2. The van der Waals surface area contributed by atoms with Crippen molar-refractivity contribution in [1.29, 1.82) is 0 Å². The molecule has 0 aromatic carbocycles. The van der Waals surface area contributed by atoms with Gasteiger partial charge in [-0.05, 0) is 18.8 Å². The minimum absolute atomic E-state index is 0.104. The van der Waals surface area contributed by atoms with Crippen LogP contribution in [0.15, 0.2) is 0 Å². The molecular formula is C12H25NO2. The third kappa shape index (κ3) is 4.09. The largest absolute Gasteiger partial charge is 0.395 e. The maximum atomic E-state index is 9.20. The van der Waals surface area contributed by atoms with Gasteiger partial charge in [0, 0.05) is 13.2 Å². The summed E-state index contributed by atoms with van der Waals surface area (Å²) in [4.78, 5) is 0. The SMILES string of the molecule is CCC1CCCCC1NC(CO)COC. The van der Waals surface area contributed by atoms with Gasteiger partial charge in [-0.15, -0.1) is 0 Å². The third-order valence-electron chi connectivity index (χ3n) is 3.47. The summed E-state index contributed by atoms with van der Waals surface area (Å²) in [6, 6.07) is 0.684. The molecule has 1 rings (SSSR count). The van der Waals surface area contributed by atoms with Crippen LogP contribution in [0.1, 0.15) is 39.0 Å². The lowest BCUT2D eigenvalue weighted by atomic mass is 9.82. The van der Waals surface area contributed by atoms with Crippen molar-refractivity contribution in [2.24, 2.45) is 5.92 Å². The van der Waals surface area contributed by atoms with Crippen molar-refractivity contribution in [2.45, 2.75) is 51.1 Å². The van der Waals surface area contributed by atoms with Crippen LogP contribution in [-0.4, -0.2) is 37.5 Å². The number of nitrogens with one attached hydrogen (secondary N) is 1. The Kier molecular flexibility index (Phi) is 6.22. The second-order valence-electron chi connectivity index (χ2n) is 4.56. The molecule has 0 bridgehead atoms. The molecule has 0 heterocycles. The quantitative estimate of drug-likeness (QED) is 0.706. The Hall–Kier alpha value is -0.120. The zero-order chi connectivity index (χ0) is 11.1. The molecule has 2 N–H and O–H groups in total. The van der Waals surface area contributed by atoms with E-state index in [-0.39, 0.29) is 12.6 Å². The summed E-state index contributed by atoms with van der Waals surface area (Å²) in [6.07, 6.45) is 6.50. The third-order valence-corrected chi connectivity index (χ3v) is 3.47. The van der Waals surface area contributed by atoms with E-state index in [1.807, 2.05) is 0 Å². The maximum absolute atomic E-state index is 9.20. The zero-order valence-electron chi connectivity index (χ0n) is 10.0. The molecule has 15 heavy (non-hydrogen) atoms. The standard InChI is InChI=1S/C12H25NO2/c1-3-10-6-4-5-7-12(10)13-11(8-14)9-15-2/h10-14H,3-9H2,1-2H3. The molecule has 90 valence electrons. The molecule has 3 nitrogen and oxygen atoms in total. The fourth-order valence-corrected chi connectivity index (χ4v) is 2.57. The molecule has 1 saturated carbocycles. The van der Waals surface area contributed by atoms with Gasteiger partial charge in [0.15, 0.2) is 0 Å². The summed E-state index contributed by atoms with van der Waals surface area (Å²) in [6.45, 7) is 3.03. The lowest BCUT2D eigenvalue weighted by molar-refractivity contribution is 0.108. The number of ether oxygens (including phenoxy) is 1. The van der Waals surface area contributed by atoms with Gasteiger partial charge >= 0.3 is 0 Å². The van der Waals surface area contributed by atoms with Crippen LogP contribution in [0.3, 0.4) is 0 Å². The molecule has 1 aliphatic rings. The highest BCUT2D eigenvalue weighted by Crippen LogP contribution is 2.26. The fraction of sp³-hybridized carbons (Fsp3) is 1.00. The Bertz CT molecular complexity index is 164. The Morgan fingerprint density at radius 3 is 2.73 bits per heavy atom. The zero-order valence-corrected chi connectivity index (χ0v) is 10.0. The summed E-state index contributed by atoms with van der Waals surface area (Å²) in [5, 5.41) is 12.7. The molecule has 0 saturated heterocycles. The molecule has 1 aliphatic carbocycles. The fourth-order valence-electron chi connectivity index (χ4n) is 2.57. The molecule has 0 spiro atoms. The van der Waals surface area contributed by atoms with Crippen molar-refractivity contribution in [2.75, 3.05) is 20.3 Å². The van der Waals surface area contributed by atoms with Gasteiger partial charge in [0.05, 0.1) is 19.3 Å². The molecule has 3 unspecified atom stereocenters. The number of rotatable bonds is 6. The van der Waals surface area contributed by atoms with Gasteiger partial charge < -0.3 is 15.2 Å². The van der Waals surface area contributed by atoms with Gasteiger partial charge in [-0.2, -0.15) is 0 Å². The number of hydrogen-bond acceptors (Lipinski definition) is 3. The summed E-state index contributed by atoms with van der Waals surface area (Å²) >= 11 is 0. The predicted molar refractivity (Wildman–Crippen MR) is 61.9 cm³/mol. The van der Waals surface area contributed by atoms with E-state index in [0.29, 0.717) is 12.6 Å². The Morgan fingerprint density at radius 2 is 2.13 bits per heavy atom. The van der Waals surface area contributed by atoms with Gasteiger partial charge in [-0.1, -0.05) is 26.2 Å². The van der Waals surface area contributed by atoms with Crippen LogP contribution < -0.4 is 5.32 Å². The van der Waals surface area contributed by atoms with Gasteiger partial charge in [-0.25, -0.2) is 0 Å². The van der Waals surface area contributed by atoms with Crippen molar-refractivity contribution in [3.05, 3.63) is 0 Å². The maximum Gasteiger partial charge on any atom is 0.0638 e. The first-order valence-corrected chi connectivity index (χ1v) is 6.17. The minimum Gasteiger partial charge on any atom is -0.395 e. The monoisotopic (exact) mass is 215 g/mol. The van der Waals surface area contributed by atoms with Gasteiger partial charge in [-0.3, -0.25) is 0 Å². The minimum atomic E-state index is 0.104. The van der Waals surface area contributed by atoms with E-state index in [1.165, 1.54) is 32.1 Å². The number of aliphatic hydroxyl groups is 1. The molecule has 3 heteroatoms. The molecule has 0 aliphatic heterocycles. The van der Waals surface area contributed by atoms with E-state index in [0.717, 1.165) is 5.92 Å². The average Bonchev–Trinajstić information content (AvgIpc) is 2.29. The molecular weight excluding hydrogens is 190 g/mol. The van der Waals surface area contributed by atoms with Crippen molar-refractivity contribution in [3.8, 4) is 0 Å². The summed E-state index contributed by atoms with van der Waals surface area (Å²) in [5.41, 5.74) is 0. The molecule has 1 fully saturated rings. The van der Waals surface area contributed by atoms with E-state index >= 15 is 0 Å². The van der Waals surface area contributed by atoms with Crippen LogP contribution in [0.4, 0.5) is 0 Å². The van der Waals surface area contributed by atoms with Gasteiger partial charge in [0.2, 0.25) is 0 Å². The van der Waals surface area contributed by atoms with Crippen LogP contribution in [-0.2, 0) is 4.74 Å². The number of aliphatic hydroxyl groups excluding tert-OH is 1. The number of methoxy groups -OCH3 is 1. The second-order valence-corrected chi connectivity index (χ2v) is 4.56. The first-order valence-electron chi connectivity index (χ1n) is 6.17. The van der Waals surface area contributed by atoms with Crippen LogP contribution >= 0.6 is 0 Å². The highest BCUT2D eigenvalue weighted by Gasteiger charge is 2.25. The van der Waals surface area contributed by atoms with Crippen LogP contribution in [0.5, 0.6) is 0 Å². The highest BCUT2D eigenvalue weighted by atomic mass is 16.5. The molecule has 0 aromatic heterocycles. The lowest BCUT2D eigenvalue weighted by Crippen LogP contribution is -2.47. The lowest BCUT2D eigenvalue weighted by Gasteiger charge is -2.34. The average molecular weight is 215 g/mol. The predicted octanol–water partition coefficient (Wildman–Crippen LogP) is 1.55. The smallest absolute Gasteiger partial charge is 0.0638 e. The van der Waals surface area contributed by atoms with Crippen molar-refractivity contribution in [3.63, 3.8) is 0 Å². The molecule has 0 radical (unpaired) electrons. The second kappa shape index (κ2) is 7.20. The Labute approximate surface area is 93.2 Å². The Balaban J connectivity index is 2.38. The normalized spacial score (nSPS) is 29.0. The van der Waals surface area contributed by atoms with E-state index < -0.39 is 0 Å². The van der Waals surface area contributed by atoms with Crippen molar-refractivity contribution in [1.82, 2.24) is 5.32 Å². The topological polar surface area (TPSA) is 41.5 Å². The van der Waals surface area contributed by atoms with E-state index in [4.69, 9.17) is 4.74 Å². The van der Waals surface area contributed by atoms with Crippen molar-refractivity contribution >= 4 is 0 Å². The molecule has 0 amide bonds. The van der Waals surface area contributed by atoms with E-state index in [9.17, 15) is 5.11 Å². The van der Waals surface area contributed by atoms with E-state index in [1.54, 1.807) is 7.11 Å². The van der Waals surface area contributed by atoms with Crippen LogP contribution in [0.2, 0.25) is 0 Å². The van der Waals surface area contributed by atoms with Crippen LogP contribution in [0, 0.1) is 5.92 Å². The highest BCUT2D eigenvalue weighted by molar-refractivity contribution is 4.83. The first kappa shape index (κ1) is 12.9. The van der Waals surface area contributed by atoms with Gasteiger partial charge in [0.1, 0.15) is 0 Å². The van der Waals surface area contributed by atoms with E-state index in [2.05, 4.69) is 12.2 Å². The molecule has 0 aromatic rings. The summed E-state index contributed by atoms with van der Waals surface area (Å²) in [7, 11) is 1.68. The summed E-state index contributed by atoms with van der Waals surface area (Å²) in [5.74, 6) is 0.782. The Morgan fingerprint density at radius 1 is 1.40 bits per heavy atom. The first-order chi connectivity index (χ1) is 7.31.